The van der Waals surface area contributed by atoms with Crippen LogP contribution in [0, 0.1) is 5.92 Å². The van der Waals surface area contributed by atoms with Crippen molar-refractivity contribution in [3.05, 3.63) is 0 Å². The van der Waals surface area contributed by atoms with E-state index in [1.54, 1.807) is 7.11 Å². The van der Waals surface area contributed by atoms with Gasteiger partial charge in [-0.15, -0.1) is 11.6 Å². The van der Waals surface area contributed by atoms with E-state index in [-0.39, 0.29) is 23.3 Å². The molecule has 1 amide bonds. The number of carbonyl (C=O) groups excluding carboxylic acids is 1. The lowest BCUT2D eigenvalue weighted by molar-refractivity contribution is -0.126. The molecule has 0 spiro atoms. The number of methoxy groups -OCH3 is 1. The van der Waals surface area contributed by atoms with Gasteiger partial charge in [0.15, 0.2) is 0 Å². The molecule has 0 aromatic rings. The molecule has 1 heterocycles. The number of nitrogens with one attached hydrogen (secondary N) is 1. The van der Waals surface area contributed by atoms with Gasteiger partial charge in [-0.1, -0.05) is 0 Å². The molecule has 0 aromatic carbocycles. The SMILES string of the molecule is COCC(Cl)CNC(=O)C1CCOC1C. The fourth-order valence-electron chi connectivity index (χ4n) is 1.66. The Bertz CT molecular complexity index is 213. The van der Waals surface area contributed by atoms with Gasteiger partial charge in [0.25, 0.3) is 0 Å². The Kier molecular flexibility index (Phi) is 5.36. The number of amides is 1. The van der Waals surface area contributed by atoms with Crippen molar-refractivity contribution in [1.29, 1.82) is 0 Å². The van der Waals surface area contributed by atoms with Gasteiger partial charge in [0, 0.05) is 20.3 Å². The number of ether oxygens (including phenoxy) is 2. The van der Waals surface area contributed by atoms with E-state index in [4.69, 9.17) is 21.1 Å². The second-order valence-electron chi connectivity index (χ2n) is 3.77. The molecular weight excluding hydrogens is 218 g/mol. The van der Waals surface area contributed by atoms with Gasteiger partial charge in [-0.3, -0.25) is 4.79 Å². The second-order valence-corrected chi connectivity index (χ2v) is 4.39. The molecular formula is C10H18ClNO3. The van der Waals surface area contributed by atoms with E-state index >= 15 is 0 Å². The Morgan fingerprint density at radius 3 is 3.00 bits per heavy atom. The molecule has 88 valence electrons. The monoisotopic (exact) mass is 235 g/mol. The van der Waals surface area contributed by atoms with E-state index in [0.29, 0.717) is 19.8 Å². The van der Waals surface area contributed by atoms with Crippen LogP contribution >= 0.6 is 11.6 Å². The highest BCUT2D eigenvalue weighted by Gasteiger charge is 2.30. The number of halogens is 1. The lowest BCUT2D eigenvalue weighted by Gasteiger charge is -2.15. The third kappa shape index (κ3) is 3.97. The van der Waals surface area contributed by atoms with Crippen LogP contribution in [0.4, 0.5) is 0 Å². The molecule has 0 bridgehead atoms. The number of hydrogen-bond acceptors (Lipinski definition) is 3. The molecule has 1 rings (SSSR count). The quantitative estimate of drug-likeness (QED) is 0.717. The first-order valence-electron chi connectivity index (χ1n) is 5.17. The van der Waals surface area contributed by atoms with E-state index in [1.165, 1.54) is 0 Å². The molecule has 15 heavy (non-hydrogen) atoms. The maximum atomic E-state index is 11.7. The normalized spacial score (nSPS) is 27.7. The molecule has 1 fully saturated rings. The molecule has 1 aliphatic heterocycles. The van der Waals surface area contributed by atoms with Crippen LogP contribution in [0.15, 0.2) is 0 Å². The minimum atomic E-state index is -0.170. The average molecular weight is 236 g/mol. The van der Waals surface area contributed by atoms with E-state index < -0.39 is 0 Å². The van der Waals surface area contributed by atoms with Crippen LogP contribution in [0.25, 0.3) is 0 Å². The van der Waals surface area contributed by atoms with Crippen molar-refractivity contribution in [2.24, 2.45) is 5.92 Å². The molecule has 1 saturated heterocycles. The summed E-state index contributed by atoms with van der Waals surface area (Å²) in [4.78, 5) is 11.7. The van der Waals surface area contributed by atoms with E-state index in [9.17, 15) is 4.79 Å². The number of alkyl halides is 1. The first-order valence-corrected chi connectivity index (χ1v) is 5.61. The van der Waals surface area contributed by atoms with E-state index in [2.05, 4.69) is 5.32 Å². The van der Waals surface area contributed by atoms with Gasteiger partial charge in [-0.25, -0.2) is 0 Å². The summed E-state index contributed by atoms with van der Waals surface area (Å²) in [5, 5.41) is 2.64. The molecule has 3 atom stereocenters. The fraction of sp³-hybridized carbons (Fsp3) is 0.900. The Morgan fingerprint density at radius 1 is 1.73 bits per heavy atom. The van der Waals surface area contributed by atoms with Gasteiger partial charge in [0.2, 0.25) is 5.91 Å². The van der Waals surface area contributed by atoms with Crippen LogP contribution in [-0.4, -0.2) is 44.3 Å². The summed E-state index contributed by atoms with van der Waals surface area (Å²) < 4.78 is 10.2. The number of carbonyl (C=O) groups is 1. The van der Waals surface area contributed by atoms with Crippen LogP contribution in [0.3, 0.4) is 0 Å². The van der Waals surface area contributed by atoms with Crippen molar-refractivity contribution in [3.8, 4) is 0 Å². The van der Waals surface area contributed by atoms with Gasteiger partial charge in [-0.2, -0.15) is 0 Å². The second kappa shape index (κ2) is 6.30. The largest absolute Gasteiger partial charge is 0.383 e. The standard InChI is InChI=1S/C10H18ClNO3/c1-7-9(3-4-15-7)10(13)12-5-8(11)6-14-2/h7-9H,3-6H2,1-2H3,(H,12,13). The lowest BCUT2D eigenvalue weighted by atomic mass is 10.0. The zero-order valence-electron chi connectivity index (χ0n) is 9.16. The molecule has 0 aromatic heterocycles. The zero-order chi connectivity index (χ0) is 11.3. The number of rotatable bonds is 5. The highest BCUT2D eigenvalue weighted by atomic mass is 35.5. The Balaban J connectivity index is 2.23. The van der Waals surface area contributed by atoms with Gasteiger partial charge in [0.1, 0.15) is 0 Å². The van der Waals surface area contributed by atoms with Crippen LogP contribution < -0.4 is 5.32 Å². The highest BCUT2D eigenvalue weighted by molar-refractivity contribution is 6.21. The minimum Gasteiger partial charge on any atom is -0.383 e. The molecule has 1 N–H and O–H groups in total. The molecule has 1 aliphatic rings. The Hall–Kier alpha value is -0.320. The van der Waals surface area contributed by atoms with E-state index in [0.717, 1.165) is 6.42 Å². The summed E-state index contributed by atoms with van der Waals surface area (Å²) in [6.07, 6.45) is 0.811. The summed E-state index contributed by atoms with van der Waals surface area (Å²) in [6, 6.07) is 0. The summed E-state index contributed by atoms with van der Waals surface area (Å²) in [5.74, 6) is -0.00170. The molecule has 3 unspecified atom stereocenters. The average Bonchev–Trinajstić information content (AvgIpc) is 2.61. The predicted octanol–water partition coefficient (Wildman–Crippen LogP) is 0.781. The van der Waals surface area contributed by atoms with Gasteiger partial charge in [0.05, 0.1) is 24.0 Å². The van der Waals surface area contributed by atoms with Crippen molar-refractivity contribution in [3.63, 3.8) is 0 Å². The molecule has 0 aliphatic carbocycles. The number of hydrogen-bond donors (Lipinski definition) is 1. The van der Waals surface area contributed by atoms with Gasteiger partial charge >= 0.3 is 0 Å². The third-order valence-corrected chi connectivity index (χ3v) is 2.84. The smallest absolute Gasteiger partial charge is 0.225 e. The zero-order valence-corrected chi connectivity index (χ0v) is 9.92. The third-order valence-electron chi connectivity index (χ3n) is 2.56. The van der Waals surface area contributed by atoms with Gasteiger partial charge in [-0.05, 0) is 13.3 Å². The van der Waals surface area contributed by atoms with Crippen molar-refractivity contribution >= 4 is 17.5 Å². The predicted molar refractivity (Wildman–Crippen MR) is 58.0 cm³/mol. The molecule has 0 radical (unpaired) electrons. The maximum Gasteiger partial charge on any atom is 0.225 e. The fourth-order valence-corrected chi connectivity index (χ4v) is 1.86. The van der Waals surface area contributed by atoms with Gasteiger partial charge < -0.3 is 14.8 Å². The van der Waals surface area contributed by atoms with Crippen molar-refractivity contribution < 1.29 is 14.3 Å². The molecule has 5 heteroatoms. The summed E-state index contributed by atoms with van der Waals surface area (Å²) in [7, 11) is 1.59. The minimum absolute atomic E-state index is 0.0150. The molecule has 0 saturated carbocycles. The Morgan fingerprint density at radius 2 is 2.47 bits per heavy atom. The highest BCUT2D eigenvalue weighted by Crippen LogP contribution is 2.20. The maximum absolute atomic E-state index is 11.7. The summed E-state index contributed by atoms with van der Waals surface area (Å²) >= 11 is 5.90. The van der Waals surface area contributed by atoms with Crippen molar-refractivity contribution in [1.82, 2.24) is 5.32 Å². The lowest BCUT2D eigenvalue weighted by Crippen LogP contribution is -2.38. The van der Waals surface area contributed by atoms with Crippen LogP contribution in [0.2, 0.25) is 0 Å². The summed E-state index contributed by atoms with van der Waals surface area (Å²) in [6.45, 7) is 3.47. The van der Waals surface area contributed by atoms with Crippen molar-refractivity contribution in [2.45, 2.75) is 24.8 Å². The van der Waals surface area contributed by atoms with Crippen LogP contribution in [0.5, 0.6) is 0 Å². The topological polar surface area (TPSA) is 47.6 Å². The molecule has 4 nitrogen and oxygen atoms in total. The first kappa shape index (κ1) is 12.7. The van der Waals surface area contributed by atoms with Crippen LogP contribution in [-0.2, 0) is 14.3 Å². The first-order chi connectivity index (χ1) is 7.15. The Labute approximate surface area is 95.3 Å². The van der Waals surface area contributed by atoms with Crippen LogP contribution in [0.1, 0.15) is 13.3 Å². The summed E-state index contributed by atoms with van der Waals surface area (Å²) in [5.41, 5.74) is 0. The van der Waals surface area contributed by atoms with E-state index in [1.807, 2.05) is 6.92 Å². The van der Waals surface area contributed by atoms with Crippen molar-refractivity contribution in [2.75, 3.05) is 26.9 Å².